The third-order valence-electron chi connectivity index (χ3n) is 4.72. The van der Waals surface area contributed by atoms with Crippen molar-refractivity contribution in [2.75, 3.05) is 13.1 Å². The third-order valence-corrected chi connectivity index (χ3v) is 5.41. The van der Waals surface area contributed by atoms with Gasteiger partial charge >= 0.3 is 0 Å². The van der Waals surface area contributed by atoms with Crippen LogP contribution in [-0.4, -0.2) is 13.1 Å². The van der Waals surface area contributed by atoms with E-state index >= 15 is 0 Å². The maximum absolute atomic E-state index is 3.75. The molecule has 1 nitrogen and oxygen atoms in total. The van der Waals surface area contributed by atoms with E-state index in [-0.39, 0.29) is 0 Å². The molecule has 0 radical (unpaired) electrons. The van der Waals surface area contributed by atoms with Gasteiger partial charge in [-0.1, -0.05) is 41.1 Å². The van der Waals surface area contributed by atoms with Crippen LogP contribution in [0.4, 0.5) is 0 Å². The molecule has 98 valence electrons. The second-order valence-corrected chi connectivity index (χ2v) is 7.14. The second-order valence-electron chi connectivity index (χ2n) is 6.29. The van der Waals surface area contributed by atoms with E-state index in [0.29, 0.717) is 5.41 Å². The zero-order chi connectivity index (χ0) is 12.6. The van der Waals surface area contributed by atoms with E-state index in [0.717, 1.165) is 18.5 Å². The van der Waals surface area contributed by atoms with Crippen molar-refractivity contribution < 1.29 is 0 Å². The minimum atomic E-state index is 0.395. The summed E-state index contributed by atoms with van der Waals surface area (Å²) < 4.78 is 1.29. The molecule has 2 aliphatic carbocycles. The average Bonchev–Trinajstić information content (AvgIpc) is 3.09. The first kappa shape index (κ1) is 12.7. The van der Waals surface area contributed by atoms with Crippen LogP contribution in [0.15, 0.2) is 28.7 Å². The highest BCUT2D eigenvalue weighted by Gasteiger charge is 2.61. The summed E-state index contributed by atoms with van der Waals surface area (Å²) in [6, 6.07) is 8.80. The molecule has 2 heteroatoms. The summed E-state index contributed by atoms with van der Waals surface area (Å²) in [7, 11) is 0. The van der Waals surface area contributed by atoms with Crippen LogP contribution in [0, 0.1) is 5.41 Å². The molecule has 0 heterocycles. The zero-order valence-corrected chi connectivity index (χ0v) is 12.7. The number of benzene rings is 1. The molecule has 18 heavy (non-hydrogen) atoms. The van der Waals surface area contributed by atoms with Crippen LogP contribution < -0.4 is 5.32 Å². The molecule has 1 spiro atoms. The molecule has 1 N–H and O–H groups in total. The van der Waals surface area contributed by atoms with Crippen LogP contribution >= 0.6 is 15.9 Å². The van der Waals surface area contributed by atoms with E-state index in [1.807, 2.05) is 0 Å². The van der Waals surface area contributed by atoms with Gasteiger partial charge in [0.05, 0.1) is 0 Å². The standard InChI is InChI=1S/C16H22BrN/c1-2-9-18-12-16(10-15(11-16)7-8-15)13-5-3-4-6-14(13)17/h3-6,18H,2,7-12H2,1H3. The topological polar surface area (TPSA) is 12.0 Å². The van der Waals surface area contributed by atoms with E-state index in [1.54, 1.807) is 0 Å². The van der Waals surface area contributed by atoms with E-state index in [4.69, 9.17) is 0 Å². The maximum Gasteiger partial charge on any atom is 0.0213 e. The molecule has 3 rings (SSSR count). The summed E-state index contributed by atoms with van der Waals surface area (Å²) in [5, 5.41) is 3.65. The molecule has 0 atom stereocenters. The average molecular weight is 308 g/mol. The Labute approximate surface area is 118 Å². The SMILES string of the molecule is CCCNCC1(c2ccccc2Br)CC2(CC2)C1. The highest BCUT2D eigenvalue weighted by atomic mass is 79.9. The number of rotatable bonds is 5. The molecule has 2 saturated carbocycles. The minimum Gasteiger partial charge on any atom is -0.316 e. The predicted molar refractivity (Wildman–Crippen MR) is 79.9 cm³/mol. The predicted octanol–water partition coefficient (Wildman–Crippen LogP) is 4.26. The lowest BCUT2D eigenvalue weighted by atomic mass is 9.56. The van der Waals surface area contributed by atoms with Crippen LogP contribution in [-0.2, 0) is 5.41 Å². The fourth-order valence-corrected chi connectivity index (χ4v) is 4.43. The Hall–Kier alpha value is -0.340. The molecule has 2 aliphatic rings. The van der Waals surface area contributed by atoms with Crippen molar-refractivity contribution in [2.24, 2.45) is 5.41 Å². The van der Waals surface area contributed by atoms with Crippen molar-refractivity contribution in [3.05, 3.63) is 34.3 Å². The summed E-state index contributed by atoms with van der Waals surface area (Å²) in [5.74, 6) is 0. The first-order chi connectivity index (χ1) is 8.70. The minimum absolute atomic E-state index is 0.395. The molecule has 0 bridgehead atoms. The maximum atomic E-state index is 3.75. The van der Waals surface area contributed by atoms with E-state index in [2.05, 4.69) is 52.4 Å². The van der Waals surface area contributed by atoms with Crippen LogP contribution in [0.25, 0.3) is 0 Å². The number of nitrogens with one attached hydrogen (secondary N) is 1. The highest BCUT2D eigenvalue weighted by Crippen LogP contribution is 2.69. The van der Waals surface area contributed by atoms with Crippen molar-refractivity contribution in [1.82, 2.24) is 5.32 Å². The van der Waals surface area contributed by atoms with Gasteiger partial charge in [0, 0.05) is 16.4 Å². The second kappa shape index (κ2) is 4.64. The van der Waals surface area contributed by atoms with Gasteiger partial charge in [-0.2, -0.15) is 0 Å². The van der Waals surface area contributed by atoms with Gasteiger partial charge < -0.3 is 5.32 Å². The number of halogens is 1. The largest absolute Gasteiger partial charge is 0.316 e. The Bertz CT molecular complexity index is 428. The van der Waals surface area contributed by atoms with Crippen LogP contribution in [0.2, 0.25) is 0 Å². The summed E-state index contributed by atoms with van der Waals surface area (Å²) >= 11 is 3.75. The fraction of sp³-hybridized carbons (Fsp3) is 0.625. The first-order valence-corrected chi connectivity index (χ1v) is 7.95. The Balaban J connectivity index is 1.80. The molecule has 2 fully saturated rings. The molecule has 1 aromatic carbocycles. The highest BCUT2D eigenvalue weighted by molar-refractivity contribution is 9.10. The third kappa shape index (κ3) is 2.14. The summed E-state index contributed by atoms with van der Waals surface area (Å²) in [5.41, 5.74) is 2.65. The lowest BCUT2D eigenvalue weighted by molar-refractivity contribution is 0.116. The van der Waals surface area contributed by atoms with Crippen molar-refractivity contribution >= 4 is 15.9 Å². The Morgan fingerprint density at radius 3 is 2.56 bits per heavy atom. The van der Waals surface area contributed by atoms with E-state index in [9.17, 15) is 0 Å². The monoisotopic (exact) mass is 307 g/mol. The van der Waals surface area contributed by atoms with Gasteiger partial charge in [-0.3, -0.25) is 0 Å². The van der Waals surface area contributed by atoms with Gasteiger partial charge in [0.2, 0.25) is 0 Å². The van der Waals surface area contributed by atoms with Crippen LogP contribution in [0.5, 0.6) is 0 Å². The van der Waals surface area contributed by atoms with Crippen molar-refractivity contribution in [2.45, 2.75) is 44.4 Å². The van der Waals surface area contributed by atoms with E-state index in [1.165, 1.54) is 42.1 Å². The Kier molecular flexibility index (Phi) is 3.27. The van der Waals surface area contributed by atoms with Gasteiger partial charge in [0.15, 0.2) is 0 Å². The quantitative estimate of drug-likeness (QED) is 0.801. The molecular formula is C16H22BrN. The van der Waals surface area contributed by atoms with Gasteiger partial charge in [-0.25, -0.2) is 0 Å². The summed E-state index contributed by atoms with van der Waals surface area (Å²) in [4.78, 5) is 0. The smallest absolute Gasteiger partial charge is 0.0213 e. The van der Waals surface area contributed by atoms with Crippen LogP contribution in [0.3, 0.4) is 0 Å². The van der Waals surface area contributed by atoms with Gasteiger partial charge in [-0.15, -0.1) is 0 Å². The van der Waals surface area contributed by atoms with Gasteiger partial charge in [0.1, 0.15) is 0 Å². The van der Waals surface area contributed by atoms with Crippen molar-refractivity contribution in [3.63, 3.8) is 0 Å². The summed E-state index contributed by atoms with van der Waals surface area (Å²) in [6.07, 6.45) is 6.93. The molecule has 1 aromatic rings. The number of hydrogen-bond acceptors (Lipinski definition) is 1. The molecule has 0 aromatic heterocycles. The van der Waals surface area contributed by atoms with Gasteiger partial charge in [-0.05, 0) is 55.7 Å². The lowest BCUT2D eigenvalue weighted by Crippen LogP contribution is -2.50. The molecule has 0 saturated heterocycles. The van der Waals surface area contributed by atoms with Gasteiger partial charge in [0.25, 0.3) is 0 Å². The normalized spacial score (nSPS) is 22.8. The summed E-state index contributed by atoms with van der Waals surface area (Å²) in [6.45, 7) is 4.52. The lowest BCUT2D eigenvalue weighted by Gasteiger charge is -2.50. The van der Waals surface area contributed by atoms with Crippen molar-refractivity contribution in [1.29, 1.82) is 0 Å². The first-order valence-electron chi connectivity index (χ1n) is 7.16. The Morgan fingerprint density at radius 2 is 1.94 bits per heavy atom. The Morgan fingerprint density at radius 1 is 1.22 bits per heavy atom. The van der Waals surface area contributed by atoms with Crippen molar-refractivity contribution in [3.8, 4) is 0 Å². The molecule has 0 unspecified atom stereocenters. The number of hydrogen-bond donors (Lipinski definition) is 1. The van der Waals surface area contributed by atoms with E-state index < -0.39 is 0 Å². The molecular weight excluding hydrogens is 286 g/mol. The molecule has 0 amide bonds. The molecule has 0 aliphatic heterocycles. The zero-order valence-electron chi connectivity index (χ0n) is 11.1. The van der Waals surface area contributed by atoms with Crippen LogP contribution in [0.1, 0.15) is 44.6 Å². The fourth-order valence-electron chi connectivity index (χ4n) is 3.72.